The molecule has 0 bridgehead atoms. The largest absolute Gasteiger partial charge is 0.494 e. The van der Waals surface area contributed by atoms with E-state index in [0.29, 0.717) is 18.8 Å². The van der Waals surface area contributed by atoms with Crippen LogP contribution in [0.25, 0.3) is 0 Å². The summed E-state index contributed by atoms with van der Waals surface area (Å²) in [5.74, 6) is 0.706. The van der Waals surface area contributed by atoms with Crippen LogP contribution < -0.4 is 14.8 Å². The molecule has 2 aromatic carbocycles. The number of carbonyl (C=O) groups excluding carboxylic acids is 2. The monoisotopic (exact) mass is 341 g/mol. The van der Waals surface area contributed by atoms with Crippen LogP contribution in [0.4, 0.5) is 0 Å². The van der Waals surface area contributed by atoms with Crippen molar-refractivity contribution < 1.29 is 19.1 Å². The second-order valence-corrected chi connectivity index (χ2v) is 5.56. The van der Waals surface area contributed by atoms with Gasteiger partial charge in [-0.1, -0.05) is 37.3 Å². The number of nitrogens with one attached hydrogen (secondary N) is 1. The molecule has 0 heterocycles. The Morgan fingerprint density at radius 3 is 2.32 bits per heavy atom. The fraction of sp³-hybridized carbons (Fsp3) is 0.300. The summed E-state index contributed by atoms with van der Waals surface area (Å²) in [6, 6.07) is 16.4. The number of esters is 1. The zero-order valence-electron chi connectivity index (χ0n) is 14.4. The summed E-state index contributed by atoms with van der Waals surface area (Å²) in [7, 11) is 0. The van der Waals surface area contributed by atoms with Crippen LogP contribution in [-0.2, 0) is 16.0 Å². The van der Waals surface area contributed by atoms with Crippen LogP contribution in [0.1, 0.15) is 25.3 Å². The van der Waals surface area contributed by atoms with Crippen molar-refractivity contribution in [2.75, 3.05) is 13.2 Å². The van der Waals surface area contributed by atoms with Gasteiger partial charge in [-0.25, -0.2) is 0 Å². The van der Waals surface area contributed by atoms with Crippen molar-refractivity contribution in [3.8, 4) is 11.5 Å². The molecule has 0 fully saturated rings. The first kappa shape index (κ1) is 18.5. The van der Waals surface area contributed by atoms with Crippen LogP contribution in [0.15, 0.2) is 54.6 Å². The van der Waals surface area contributed by atoms with Gasteiger partial charge in [0.2, 0.25) is 5.91 Å². The molecule has 5 heteroatoms. The highest BCUT2D eigenvalue weighted by molar-refractivity contribution is 5.79. The van der Waals surface area contributed by atoms with Gasteiger partial charge in [-0.15, -0.1) is 0 Å². The van der Waals surface area contributed by atoms with Gasteiger partial charge in [-0.3, -0.25) is 9.59 Å². The third-order valence-corrected chi connectivity index (χ3v) is 3.39. The molecule has 0 saturated heterocycles. The van der Waals surface area contributed by atoms with Crippen molar-refractivity contribution in [3.05, 3.63) is 60.2 Å². The molecule has 0 saturated carbocycles. The Kier molecular flexibility index (Phi) is 7.50. The maximum Gasteiger partial charge on any atom is 0.312 e. The van der Waals surface area contributed by atoms with Crippen LogP contribution in [-0.4, -0.2) is 25.0 Å². The molecule has 132 valence electrons. The van der Waals surface area contributed by atoms with Gasteiger partial charge in [0, 0.05) is 6.54 Å². The number of benzene rings is 2. The molecular weight excluding hydrogens is 318 g/mol. The predicted molar refractivity (Wildman–Crippen MR) is 95.6 cm³/mol. The number of hydrogen-bond donors (Lipinski definition) is 1. The molecule has 1 N–H and O–H groups in total. The van der Waals surface area contributed by atoms with E-state index in [-0.39, 0.29) is 24.8 Å². The fourth-order valence-corrected chi connectivity index (χ4v) is 2.15. The van der Waals surface area contributed by atoms with E-state index in [9.17, 15) is 9.59 Å². The van der Waals surface area contributed by atoms with E-state index in [1.807, 2.05) is 37.3 Å². The molecule has 0 aliphatic carbocycles. The Morgan fingerprint density at radius 2 is 1.64 bits per heavy atom. The van der Waals surface area contributed by atoms with Crippen LogP contribution in [0, 0.1) is 0 Å². The molecule has 0 aliphatic heterocycles. The molecular formula is C20H23NO4. The lowest BCUT2D eigenvalue weighted by atomic mass is 10.1. The summed E-state index contributed by atoms with van der Waals surface area (Å²) in [4.78, 5) is 23.6. The Bertz CT molecular complexity index is 668. The molecule has 5 nitrogen and oxygen atoms in total. The lowest BCUT2D eigenvalue weighted by Crippen LogP contribution is -2.28. The molecule has 0 aromatic heterocycles. The summed E-state index contributed by atoms with van der Waals surface area (Å²) in [6.07, 6.45) is 1.36. The van der Waals surface area contributed by atoms with Gasteiger partial charge < -0.3 is 14.8 Å². The standard InChI is InChI=1S/C20H23NO4/c1-2-14-24-17-8-10-18(11-9-17)25-20(23)12-13-21-19(22)15-16-6-4-3-5-7-16/h3-11H,2,12-15H2,1H3,(H,21,22). The van der Waals surface area contributed by atoms with E-state index in [1.165, 1.54) is 0 Å². The highest BCUT2D eigenvalue weighted by Gasteiger charge is 2.07. The van der Waals surface area contributed by atoms with E-state index in [4.69, 9.17) is 9.47 Å². The minimum absolute atomic E-state index is 0.114. The average Bonchev–Trinajstić information content (AvgIpc) is 2.62. The topological polar surface area (TPSA) is 64.6 Å². The average molecular weight is 341 g/mol. The van der Waals surface area contributed by atoms with E-state index in [0.717, 1.165) is 17.7 Å². The first-order chi connectivity index (χ1) is 12.2. The van der Waals surface area contributed by atoms with Crippen molar-refractivity contribution in [2.45, 2.75) is 26.2 Å². The van der Waals surface area contributed by atoms with Crippen LogP contribution in [0.3, 0.4) is 0 Å². The summed E-state index contributed by atoms with van der Waals surface area (Å²) >= 11 is 0. The highest BCUT2D eigenvalue weighted by Crippen LogP contribution is 2.18. The molecule has 0 aliphatic rings. The summed E-state index contributed by atoms with van der Waals surface area (Å²) in [6.45, 7) is 2.94. The predicted octanol–water partition coefficient (Wildman–Crippen LogP) is 3.13. The third-order valence-electron chi connectivity index (χ3n) is 3.39. The first-order valence-electron chi connectivity index (χ1n) is 8.41. The molecule has 0 radical (unpaired) electrons. The minimum Gasteiger partial charge on any atom is -0.494 e. The van der Waals surface area contributed by atoms with Crippen molar-refractivity contribution >= 4 is 11.9 Å². The lowest BCUT2D eigenvalue weighted by molar-refractivity contribution is -0.134. The highest BCUT2D eigenvalue weighted by atomic mass is 16.5. The number of ether oxygens (including phenoxy) is 2. The smallest absolute Gasteiger partial charge is 0.312 e. The van der Waals surface area contributed by atoms with Crippen molar-refractivity contribution in [1.29, 1.82) is 0 Å². The van der Waals surface area contributed by atoms with Crippen LogP contribution in [0.2, 0.25) is 0 Å². The van der Waals surface area contributed by atoms with Gasteiger partial charge >= 0.3 is 5.97 Å². The molecule has 0 spiro atoms. The SMILES string of the molecule is CCCOc1ccc(OC(=O)CCNC(=O)Cc2ccccc2)cc1. The maximum atomic E-state index is 11.8. The second kappa shape index (κ2) is 10.1. The zero-order valence-corrected chi connectivity index (χ0v) is 14.4. The van der Waals surface area contributed by atoms with Gasteiger partial charge in [0.25, 0.3) is 0 Å². The van der Waals surface area contributed by atoms with E-state index < -0.39 is 0 Å². The van der Waals surface area contributed by atoms with Crippen LogP contribution >= 0.6 is 0 Å². The number of amides is 1. The van der Waals surface area contributed by atoms with E-state index >= 15 is 0 Å². The van der Waals surface area contributed by atoms with Crippen molar-refractivity contribution in [3.63, 3.8) is 0 Å². The molecule has 2 aromatic rings. The van der Waals surface area contributed by atoms with Gasteiger partial charge in [-0.2, -0.15) is 0 Å². The van der Waals surface area contributed by atoms with Crippen molar-refractivity contribution in [2.24, 2.45) is 0 Å². The van der Waals surface area contributed by atoms with Gasteiger partial charge in [0.05, 0.1) is 19.4 Å². The number of rotatable bonds is 9. The number of carbonyl (C=O) groups is 2. The molecule has 0 atom stereocenters. The summed E-state index contributed by atoms with van der Waals surface area (Å²) in [5.41, 5.74) is 0.938. The van der Waals surface area contributed by atoms with Crippen LogP contribution in [0.5, 0.6) is 11.5 Å². The van der Waals surface area contributed by atoms with Gasteiger partial charge in [0.1, 0.15) is 11.5 Å². The fourth-order valence-electron chi connectivity index (χ4n) is 2.15. The molecule has 1 amide bonds. The van der Waals surface area contributed by atoms with Gasteiger partial charge in [-0.05, 0) is 36.2 Å². The first-order valence-corrected chi connectivity index (χ1v) is 8.41. The second-order valence-electron chi connectivity index (χ2n) is 5.56. The lowest BCUT2D eigenvalue weighted by Gasteiger charge is -2.08. The molecule has 0 unspecified atom stereocenters. The molecule has 25 heavy (non-hydrogen) atoms. The van der Waals surface area contributed by atoms with E-state index in [2.05, 4.69) is 5.32 Å². The Labute approximate surface area is 148 Å². The zero-order chi connectivity index (χ0) is 17.9. The Balaban J connectivity index is 1.67. The van der Waals surface area contributed by atoms with Gasteiger partial charge in [0.15, 0.2) is 0 Å². The van der Waals surface area contributed by atoms with E-state index in [1.54, 1.807) is 24.3 Å². The normalized spacial score (nSPS) is 10.1. The van der Waals surface area contributed by atoms with Crippen molar-refractivity contribution in [1.82, 2.24) is 5.32 Å². The minimum atomic E-state index is -0.387. The number of hydrogen-bond acceptors (Lipinski definition) is 4. The maximum absolute atomic E-state index is 11.8. The Hall–Kier alpha value is -2.82. The summed E-state index contributed by atoms with van der Waals surface area (Å²) in [5, 5.41) is 2.72. The quantitative estimate of drug-likeness (QED) is 0.562. The summed E-state index contributed by atoms with van der Waals surface area (Å²) < 4.78 is 10.7. The molecule has 2 rings (SSSR count). The third kappa shape index (κ3) is 7.08. The Morgan fingerprint density at radius 1 is 0.960 bits per heavy atom.